The van der Waals surface area contributed by atoms with Crippen LogP contribution in [-0.2, 0) is 14.3 Å². The van der Waals surface area contributed by atoms with Gasteiger partial charge in [-0.25, -0.2) is 0 Å². The van der Waals surface area contributed by atoms with Gasteiger partial charge >= 0.3 is 0 Å². The highest BCUT2D eigenvalue weighted by molar-refractivity contribution is 6.46. The first-order valence-electron chi connectivity index (χ1n) is 9.83. The summed E-state index contributed by atoms with van der Waals surface area (Å²) >= 11 is 0. The number of amides is 1. The van der Waals surface area contributed by atoms with Gasteiger partial charge in [0.2, 0.25) is 0 Å². The average molecular weight is 409 g/mol. The highest BCUT2D eigenvalue weighted by Gasteiger charge is 2.47. The van der Waals surface area contributed by atoms with Gasteiger partial charge in [-0.2, -0.15) is 0 Å². The average Bonchev–Trinajstić information content (AvgIpc) is 3.36. The molecule has 30 heavy (non-hydrogen) atoms. The minimum Gasteiger partial charge on any atom is -0.508 e. The number of phenolic OH excluding ortho intramolecular Hbond substituents is 1. The highest BCUT2D eigenvalue weighted by Crippen LogP contribution is 2.40. The normalized spacial score (nSPS) is 23.2. The van der Waals surface area contributed by atoms with Crippen molar-refractivity contribution in [2.45, 2.75) is 25.0 Å². The molecule has 156 valence electrons. The van der Waals surface area contributed by atoms with E-state index in [0.717, 1.165) is 12.8 Å². The van der Waals surface area contributed by atoms with Crippen LogP contribution in [0.2, 0.25) is 0 Å². The maximum atomic E-state index is 13.0. The zero-order valence-electron chi connectivity index (χ0n) is 16.6. The summed E-state index contributed by atoms with van der Waals surface area (Å²) in [7, 11) is 1.54. The Morgan fingerprint density at radius 1 is 1.13 bits per heavy atom. The summed E-state index contributed by atoms with van der Waals surface area (Å²) in [5.41, 5.74) is 1.06. The van der Waals surface area contributed by atoms with E-state index in [1.165, 1.54) is 24.1 Å². The van der Waals surface area contributed by atoms with Crippen molar-refractivity contribution in [1.82, 2.24) is 4.90 Å². The van der Waals surface area contributed by atoms with Gasteiger partial charge in [-0.05, 0) is 54.8 Å². The van der Waals surface area contributed by atoms with Gasteiger partial charge in [0.15, 0.2) is 0 Å². The molecule has 2 aromatic rings. The molecule has 0 bridgehead atoms. The predicted molar refractivity (Wildman–Crippen MR) is 109 cm³/mol. The number of nitrogens with zero attached hydrogens (tertiary/aromatic N) is 1. The second-order valence-electron chi connectivity index (χ2n) is 7.41. The molecule has 7 nitrogen and oxygen atoms in total. The van der Waals surface area contributed by atoms with Gasteiger partial charge < -0.3 is 24.6 Å². The number of methoxy groups -OCH3 is 1. The number of ether oxygens (including phenoxy) is 2. The van der Waals surface area contributed by atoms with Crippen molar-refractivity contribution >= 4 is 17.4 Å². The van der Waals surface area contributed by atoms with Crippen LogP contribution in [-0.4, -0.2) is 53.2 Å². The third-order valence-corrected chi connectivity index (χ3v) is 5.54. The molecule has 2 N–H and O–H groups in total. The second-order valence-corrected chi connectivity index (χ2v) is 7.41. The van der Waals surface area contributed by atoms with Crippen molar-refractivity contribution < 1.29 is 29.3 Å². The highest BCUT2D eigenvalue weighted by atomic mass is 16.5. The van der Waals surface area contributed by atoms with Crippen molar-refractivity contribution in [2.24, 2.45) is 0 Å². The minimum absolute atomic E-state index is 0.0221. The predicted octanol–water partition coefficient (Wildman–Crippen LogP) is 3.00. The molecule has 2 aliphatic heterocycles. The lowest BCUT2D eigenvalue weighted by Crippen LogP contribution is -2.36. The minimum atomic E-state index is -0.767. The number of likely N-dealkylation sites (tertiary alicyclic amines) is 1. The van der Waals surface area contributed by atoms with Crippen LogP contribution in [0, 0.1) is 0 Å². The molecule has 1 amide bonds. The summed E-state index contributed by atoms with van der Waals surface area (Å²) in [5.74, 6) is -0.965. The van der Waals surface area contributed by atoms with Crippen LogP contribution in [0.3, 0.4) is 0 Å². The number of hydrogen-bond donors (Lipinski definition) is 2. The molecule has 0 saturated carbocycles. The van der Waals surface area contributed by atoms with E-state index >= 15 is 0 Å². The van der Waals surface area contributed by atoms with Crippen molar-refractivity contribution in [2.75, 3.05) is 20.3 Å². The molecule has 0 spiro atoms. The maximum absolute atomic E-state index is 13.0. The number of Topliss-reactive ketones (excluding diaryl/α,β-unsaturated/α-hetero) is 1. The van der Waals surface area contributed by atoms with Crippen LogP contribution in [0.5, 0.6) is 11.5 Å². The number of phenols is 1. The second kappa shape index (κ2) is 8.20. The number of aliphatic hydroxyl groups excluding tert-OH is 1. The summed E-state index contributed by atoms with van der Waals surface area (Å²) in [6.45, 7) is 0.889. The lowest BCUT2D eigenvalue weighted by atomic mass is 9.95. The van der Waals surface area contributed by atoms with Gasteiger partial charge in [-0.15, -0.1) is 0 Å². The number of ketones is 1. The van der Waals surface area contributed by atoms with Gasteiger partial charge in [0.25, 0.3) is 11.7 Å². The van der Waals surface area contributed by atoms with E-state index in [0.29, 0.717) is 23.5 Å². The molecule has 4 rings (SSSR count). The number of hydrogen-bond acceptors (Lipinski definition) is 6. The van der Waals surface area contributed by atoms with Crippen LogP contribution in [0.4, 0.5) is 0 Å². The first kappa shape index (κ1) is 20.0. The summed E-state index contributed by atoms with van der Waals surface area (Å²) in [6, 6.07) is 12.1. The fourth-order valence-corrected chi connectivity index (χ4v) is 3.98. The number of carbonyl (C=O) groups excluding carboxylic acids is 2. The SMILES string of the molecule is COc1ccc(/C(O)=C2/C(=O)C(=O)N(CC3CCCO3)C2c2ccc(O)cc2)cc1. The lowest BCUT2D eigenvalue weighted by molar-refractivity contribution is -0.140. The fourth-order valence-electron chi connectivity index (χ4n) is 3.98. The van der Waals surface area contributed by atoms with Crippen molar-refractivity contribution in [3.05, 3.63) is 65.2 Å². The molecule has 2 saturated heterocycles. The molecule has 0 aliphatic carbocycles. The molecule has 2 atom stereocenters. The summed E-state index contributed by atoms with van der Waals surface area (Å²) < 4.78 is 10.8. The largest absolute Gasteiger partial charge is 0.508 e. The summed E-state index contributed by atoms with van der Waals surface area (Å²) in [5, 5.41) is 20.7. The van der Waals surface area contributed by atoms with E-state index in [4.69, 9.17) is 9.47 Å². The topological polar surface area (TPSA) is 96.3 Å². The molecule has 2 heterocycles. The zero-order valence-corrected chi connectivity index (χ0v) is 16.6. The van der Waals surface area contributed by atoms with Crippen LogP contribution in [0.1, 0.15) is 30.0 Å². The number of carbonyl (C=O) groups is 2. The third-order valence-electron chi connectivity index (χ3n) is 5.54. The molecule has 2 unspecified atom stereocenters. The van der Waals surface area contributed by atoms with Crippen molar-refractivity contribution in [3.8, 4) is 11.5 Å². The Morgan fingerprint density at radius 2 is 1.83 bits per heavy atom. The van der Waals surface area contributed by atoms with E-state index in [9.17, 15) is 19.8 Å². The molecule has 2 aliphatic rings. The standard InChI is InChI=1S/C23H23NO6/c1-29-17-10-6-15(7-11-17)21(26)19-20(14-4-8-16(25)9-5-14)24(23(28)22(19)27)13-18-3-2-12-30-18/h4-11,18,20,25-26H,2-3,12-13H2,1H3/b21-19-. The van der Waals surface area contributed by atoms with Crippen LogP contribution in [0.15, 0.2) is 54.1 Å². The first-order valence-corrected chi connectivity index (χ1v) is 9.83. The first-order chi connectivity index (χ1) is 14.5. The molecular formula is C23H23NO6. The number of benzene rings is 2. The van der Waals surface area contributed by atoms with Gasteiger partial charge in [-0.1, -0.05) is 12.1 Å². The van der Waals surface area contributed by atoms with Crippen molar-refractivity contribution in [1.29, 1.82) is 0 Å². The van der Waals surface area contributed by atoms with Gasteiger partial charge in [0.1, 0.15) is 17.3 Å². The molecule has 0 aromatic heterocycles. The number of rotatable bonds is 5. The van der Waals surface area contributed by atoms with E-state index in [1.54, 1.807) is 36.4 Å². The lowest BCUT2D eigenvalue weighted by Gasteiger charge is -2.27. The van der Waals surface area contributed by atoms with Gasteiger partial charge in [0, 0.05) is 18.7 Å². The fraction of sp³-hybridized carbons (Fsp3) is 0.304. The Labute approximate surface area is 174 Å². The zero-order chi connectivity index (χ0) is 21.3. The van der Waals surface area contributed by atoms with Crippen molar-refractivity contribution in [3.63, 3.8) is 0 Å². The van der Waals surface area contributed by atoms with Gasteiger partial charge in [-0.3, -0.25) is 9.59 Å². The summed E-state index contributed by atoms with van der Waals surface area (Å²) in [4.78, 5) is 27.3. The number of aliphatic hydroxyl groups is 1. The molecular weight excluding hydrogens is 386 g/mol. The van der Waals surface area contributed by atoms with E-state index in [-0.39, 0.29) is 29.7 Å². The smallest absolute Gasteiger partial charge is 0.295 e. The van der Waals surface area contributed by atoms with Crippen LogP contribution < -0.4 is 4.74 Å². The third kappa shape index (κ3) is 3.64. The van der Waals surface area contributed by atoms with E-state index in [1.807, 2.05) is 0 Å². The quantitative estimate of drug-likeness (QED) is 0.448. The molecule has 2 aromatic carbocycles. The van der Waals surface area contributed by atoms with Crippen LogP contribution >= 0.6 is 0 Å². The van der Waals surface area contributed by atoms with E-state index in [2.05, 4.69) is 0 Å². The monoisotopic (exact) mass is 409 g/mol. The van der Waals surface area contributed by atoms with Gasteiger partial charge in [0.05, 0.1) is 24.8 Å². The molecule has 0 radical (unpaired) electrons. The Bertz CT molecular complexity index is 974. The molecule has 7 heteroatoms. The Hall–Kier alpha value is -3.32. The Kier molecular flexibility index (Phi) is 5.46. The summed E-state index contributed by atoms with van der Waals surface area (Å²) in [6.07, 6.45) is 1.57. The number of aromatic hydroxyl groups is 1. The van der Waals surface area contributed by atoms with Crippen LogP contribution in [0.25, 0.3) is 5.76 Å². The van der Waals surface area contributed by atoms with E-state index < -0.39 is 17.7 Å². The molecule has 2 fully saturated rings. The maximum Gasteiger partial charge on any atom is 0.295 e. The Balaban J connectivity index is 1.80. The Morgan fingerprint density at radius 3 is 2.43 bits per heavy atom.